The van der Waals surface area contributed by atoms with Crippen molar-refractivity contribution >= 4 is 55.8 Å². The molecule has 2 heteroatoms. The number of aromatic nitrogens is 2. The van der Waals surface area contributed by atoms with Gasteiger partial charge in [0, 0.05) is 43.7 Å². The lowest BCUT2D eigenvalue weighted by Gasteiger charge is -2.16. The molecule has 0 bridgehead atoms. The largest absolute Gasteiger partial charge is 0.354 e. The highest BCUT2D eigenvalue weighted by atomic mass is 14.7. The smallest absolute Gasteiger partial charge is 0.0544 e. The Hall–Kier alpha value is -5.34. The first-order valence-electron chi connectivity index (χ1n) is 13.7. The van der Waals surface area contributed by atoms with Crippen LogP contribution in [0.2, 0.25) is 0 Å². The van der Waals surface area contributed by atoms with E-state index < -0.39 is 0 Å². The second kappa shape index (κ2) is 9.14. The SMILES string of the molecule is C(=Cc1cccc(-c2cccc3c2[nH]c2ccccc23)c1-c1cccc2c1[nH]c1ccccc12)c1ccccc1. The van der Waals surface area contributed by atoms with E-state index in [1.165, 1.54) is 54.9 Å². The summed E-state index contributed by atoms with van der Waals surface area (Å²) in [5.74, 6) is 0. The first-order valence-corrected chi connectivity index (χ1v) is 13.7. The summed E-state index contributed by atoms with van der Waals surface area (Å²) in [4.78, 5) is 7.49. The van der Waals surface area contributed by atoms with Crippen molar-refractivity contribution in [2.75, 3.05) is 0 Å². The van der Waals surface area contributed by atoms with Crippen LogP contribution in [0.25, 0.3) is 78.0 Å². The van der Waals surface area contributed by atoms with Crippen LogP contribution in [0.5, 0.6) is 0 Å². The van der Waals surface area contributed by atoms with E-state index in [1.54, 1.807) is 0 Å². The van der Waals surface area contributed by atoms with Crippen molar-refractivity contribution in [2.45, 2.75) is 0 Å². The molecule has 0 atom stereocenters. The van der Waals surface area contributed by atoms with Gasteiger partial charge in [0.1, 0.15) is 0 Å². The quantitative estimate of drug-likeness (QED) is 0.221. The summed E-state index contributed by atoms with van der Waals surface area (Å²) in [6.45, 7) is 0. The van der Waals surface area contributed by atoms with Gasteiger partial charge in [-0.3, -0.25) is 0 Å². The van der Waals surface area contributed by atoms with Crippen molar-refractivity contribution in [1.82, 2.24) is 9.97 Å². The van der Waals surface area contributed by atoms with Crippen molar-refractivity contribution in [3.05, 3.63) is 145 Å². The molecule has 2 N–H and O–H groups in total. The van der Waals surface area contributed by atoms with E-state index >= 15 is 0 Å². The highest BCUT2D eigenvalue weighted by Gasteiger charge is 2.18. The van der Waals surface area contributed by atoms with Gasteiger partial charge in [-0.2, -0.15) is 0 Å². The van der Waals surface area contributed by atoms with Gasteiger partial charge in [0.15, 0.2) is 0 Å². The highest BCUT2D eigenvalue weighted by Crippen LogP contribution is 2.43. The summed E-state index contributed by atoms with van der Waals surface area (Å²) in [6.07, 6.45) is 4.46. The second-order valence-corrected chi connectivity index (χ2v) is 10.3. The van der Waals surface area contributed by atoms with Gasteiger partial charge in [0.2, 0.25) is 0 Å². The molecule has 0 spiro atoms. The summed E-state index contributed by atoms with van der Waals surface area (Å²) in [5, 5.41) is 4.98. The summed E-state index contributed by atoms with van der Waals surface area (Å²) >= 11 is 0. The Labute approximate surface area is 232 Å². The third kappa shape index (κ3) is 3.58. The van der Waals surface area contributed by atoms with Crippen molar-refractivity contribution in [1.29, 1.82) is 0 Å². The first kappa shape index (κ1) is 22.6. The summed E-state index contributed by atoms with van der Waals surface area (Å²) in [6, 6.07) is 47.6. The van der Waals surface area contributed by atoms with E-state index in [0.717, 1.165) is 22.1 Å². The zero-order valence-electron chi connectivity index (χ0n) is 21.9. The lowest BCUT2D eigenvalue weighted by atomic mass is 9.88. The molecule has 2 heterocycles. The van der Waals surface area contributed by atoms with E-state index in [-0.39, 0.29) is 0 Å². The monoisotopic (exact) mass is 510 g/mol. The number of nitrogens with one attached hydrogen (secondary N) is 2. The van der Waals surface area contributed by atoms with Crippen LogP contribution < -0.4 is 0 Å². The van der Waals surface area contributed by atoms with Gasteiger partial charge in [-0.1, -0.05) is 133 Å². The third-order valence-electron chi connectivity index (χ3n) is 7.99. The van der Waals surface area contributed by atoms with Crippen LogP contribution in [-0.2, 0) is 0 Å². The number of hydrogen-bond acceptors (Lipinski definition) is 0. The molecule has 0 saturated heterocycles. The van der Waals surface area contributed by atoms with Crippen LogP contribution in [0, 0.1) is 0 Å². The topological polar surface area (TPSA) is 31.6 Å². The van der Waals surface area contributed by atoms with Crippen LogP contribution in [-0.4, -0.2) is 9.97 Å². The fourth-order valence-electron chi connectivity index (χ4n) is 6.16. The lowest BCUT2D eigenvalue weighted by molar-refractivity contribution is 1.51. The number of hydrogen-bond donors (Lipinski definition) is 2. The molecule has 0 saturated carbocycles. The Morgan fingerprint density at radius 2 is 0.900 bits per heavy atom. The van der Waals surface area contributed by atoms with E-state index in [9.17, 15) is 0 Å². The molecule has 8 aromatic rings. The minimum atomic E-state index is 1.15. The van der Waals surface area contributed by atoms with Crippen molar-refractivity contribution in [3.63, 3.8) is 0 Å². The van der Waals surface area contributed by atoms with Gasteiger partial charge in [-0.15, -0.1) is 0 Å². The second-order valence-electron chi connectivity index (χ2n) is 10.3. The molecule has 2 nitrogen and oxygen atoms in total. The number of fused-ring (bicyclic) bond motifs is 6. The first-order chi connectivity index (χ1) is 19.8. The number of aromatic amines is 2. The summed E-state index contributed by atoms with van der Waals surface area (Å²) in [5.41, 5.74) is 11.8. The standard InChI is InChI=1S/C38H26N2/c1-2-11-25(12-3-1)23-24-26-13-8-16-29(32-19-9-17-30-27-14-4-6-21-34(27)39-37(30)32)36(26)33-20-10-18-31-28-15-5-7-22-35(28)40-38(31)33/h1-24,39-40H. The fraction of sp³-hybridized carbons (Fsp3) is 0. The van der Waals surface area contributed by atoms with Gasteiger partial charge in [-0.05, 0) is 34.4 Å². The zero-order chi connectivity index (χ0) is 26.5. The third-order valence-corrected chi connectivity index (χ3v) is 7.99. The summed E-state index contributed by atoms with van der Waals surface area (Å²) < 4.78 is 0. The Balaban J connectivity index is 1.45. The maximum atomic E-state index is 3.75. The van der Waals surface area contributed by atoms with E-state index in [4.69, 9.17) is 0 Å². The maximum absolute atomic E-state index is 3.75. The normalized spacial score (nSPS) is 11.9. The van der Waals surface area contributed by atoms with Gasteiger partial charge in [0.05, 0.1) is 11.0 Å². The zero-order valence-corrected chi connectivity index (χ0v) is 21.9. The minimum Gasteiger partial charge on any atom is -0.354 e. The van der Waals surface area contributed by atoms with Gasteiger partial charge in [-0.25, -0.2) is 0 Å². The molecule has 0 fully saturated rings. The van der Waals surface area contributed by atoms with Crippen LogP contribution in [0.3, 0.4) is 0 Å². The predicted molar refractivity (Wildman–Crippen MR) is 171 cm³/mol. The van der Waals surface area contributed by atoms with Crippen LogP contribution in [0.15, 0.2) is 133 Å². The summed E-state index contributed by atoms with van der Waals surface area (Å²) in [7, 11) is 0. The molecule has 0 aliphatic carbocycles. The number of rotatable bonds is 4. The Bertz CT molecular complexity index is 2210. The van der Waals surface area contributed by atoms with E-state index in [0.29, 0.717) is 0 Å². The molecule has 2 aromatic heterocycles. The molecule has 0 amide bonds. The Morgan fingerprint density at radius 3 is 1.60 bits per heavy atom. The number of H-pyrrole nitrogens is 2. The maximum Gasteiger partial charge on any atom is 0.0544 e. The van der Waals surface area contributed by atoms with Crippen molar-refractivity contribution in [2.24, 2.45) is 0 Å². The van der Waals surface area contributed by atoms with Gasteiger partial charge in [0.25, 0.3) is 0 Å². The average molecular weight is 511 g/mol. The van der Waals surface area contributed by atoms with Crippen molar-refractivity contribution in [3.8, 4) is 22.3 Å². The Kier molecular flexibility index (Phi) is 5.17. The van der Waals surface area contributed by atoms with E-state index in [2.05, 4.69) is 156 Å². The molecule has 188 valence electrons. The molecule has 0 radical (unpaired) electrons. The Morgan fingerprint density at radius 1 is 0.375 bits per heavy atom. The lowest BCUT2D eigenvalue weighted by Crippen LogP contribution is -1.92. The van der Waals surface area contributed by atoms with Gasteiger partial charge >= 0.3 is 0 Å². The molecule has 0 aliphatic rings. The van der Waals surface area contributed by atoms with Crippen molar-refractivity contribution < 1.29 is 0 Å². The number of para-hydroxylation sites is 4. The van der Waals surface area contributed by atoms with Crippen LogP contribution >= 0.6 is 0 Å². The molecule has 40 heavy (non-hydrogen) atoms. The van der Waals surface area contributed by atoms with Gasteiger partial charge < -0.3 is 9.97 Å². The average Bonchev–Trinajstić information content (AvgIpc) is 3.59. The molecular weight excluding hydrogens is 484 g/mol. The molecule has 0 unspecified atom stereocenters. The molecule has 8 rings (SSSR count). The van der Waals surface area contributed by atoms with Crippen LogP contribution in [0.4, 0.5) is 0 Å². The molecule has 0 aliphatic heterocycles. The van der Waals surface area contributed by atoms with Crippen LogP contribution in [0.1, 0.15) is 11.1 Å². The molecule has 6 aromatic carbocycles. The highest BCUT2D eigenvalue weighted by molar-refractivity contribution is 6.16. The number of benzene rings is 6. The predicted octanol–water partition coefficient (Wildman–Crippen LogP) is 10.5. The molecular formula is C38H26N2. The van der Waals surface area contributed by atoms with E-state index in [1.807, 2.05) is 0 Å². The fourth-order valence-corrected chi connectivity index (χ4v) is 6.16. The minimum absolute atomic E-state index is 1.15.